The summed E-state index contributed by atoms with van der Waals surface area (Å²) in [7, 11) is 0. The predicted octanol–water partition coefficient (Wildman–Crippen LogP) is 1.30. The lowest BCUT2D eigenvalue weighted by atomic mass is 10.1. The van der Waals surface area contributed by atoms with Crippen LogP contribution in [0.4, 0.5) is 4.39 Å². The van der Waals surface area contributed by atoms with Crippen LogP contribution in [0, 0.1) is 12.7 Å². The molecule has 78 valence electrons. The molecule has 0 radical (unpaired) electrons. The van der Waals surface area contributed by atoms with Gasteiger partial charge >= 0.3 is 0 Å². The zero-order valence-electron chi connectivity index (χ0n) is 8.24. The molecule has 0 bridgehead atoms. The molecule has 3 N–H and O–H groups in total. The molecule has 1 atom stereocenters. The first kappa shape index (κ1) is 9.79. The molecule has 1 heterocycles. The number of aryl methyl sites for hydroxylation is 1. The van der Waals surface area contributed by atoms with Gasteiger partial charge in [0.25, 0.3) is 0 Å². The van der Waals surface area contributed by atoms with Gasteiger partial charge in [-0.1, -0.05) is 12.1 Å². The lowest BCUT2D eigenvalue weighted by Crippen LogP contribution is -2.13. The van der Waals surface area contributed by atoms with Gasteiger partial charge in [-0.2, -0.15) is 5.10 Å². The highest BCUT2D eigenvalue weighted by atomic mass is 19.1. The van der Waals surface area contributed by atoms with Crippen LogP contribution in [0.5, 0.6) is 0 Å². The maximum atomic E-state index is 12.7. The normalized spacial score (nSPS) is 12.7. The van der Waals surface area contributed by atoms with Gasteiger partial charge in [-0.25, -0.2) is 9.37 Å². The van der Waals surface area contributed by atoms with E-state index in [4.69, 9.17) is 5.73 Å². The molecule has 0 aliphatic carbocycles. The summed E-state index contributed by atoms with van der Waals surface area (Å²) in [6.45, 7) is 1.80. The fourth-order valence-corrected chi connectivity index (χ4v) is 1.32. The van der Waals surface area contributed by atoms with Crippen LogP contribution in [-0.4, -0.2) is 15.2 Å². The van der Waals surface area contributed by atoms with E-state index < -0.39 is 6.04 Å². The van der Waals surface area contributed by atoms with Gasteiger partial charge in [0.2, 0.25) is 0 Å². The van der Waals surface area contributed by atoms with Gasteiger partial charge in [0, 0.05) is 0 Å². The molecule has 5 heteroatoms. The van der Waals surface area contributed by atoms with Gasteiger partial charge < -0.3 is 5.73 Å². The summed E-state index contributed by atoms with van der Waals surface area (Å²) in [5, 5.41) is 6.68. The summed E-state index contributed by atoms with van der Waals surface area (Å²) in [4.78, 5) is 4.12. The van der Waals surface area contributed by atoms with Crippen molar-refractivity contribution >= 4 is 0 Å². The zero-order chi connectivity index (χ0) is 10.8. The lowest BCUT2D eigenvalue weighted by molar-refractivity contribution is 0.626. The second-order valence-electron chi connectivity index (χ2n) is 3.31. The molecule has 0 saturated carbocycles. The Labute approximate surface area is 86.3 Å². The molecule has 0 aliphatic heterocycles. The van der Waals surface area contributed by atoms with E-state index in [0.717, 1.165) is 5.56 Å². The molecule has 1 aromatic carbocycles. The van der Waals surface area contributed by atoms with Crippen molar-refractivity contribution in [1.29, 1.82) is 0 Å². The van der Waals surface area contributed by atoms with E-state index in [2.05, 4.69) is 15.2 Å². The van der Waals surface area contributed by atoms with Crippen molar-refractivity contribution < 1.29 is 4.39 Å². The number of aromatic amines is 1. The van der Waals surface area contributed by atoms with Gasteiger partial charge in [-0.15, -0.1) is 0 Å². The number of hydrogen-bond donors (Lipinski definition) is 2. The number of rotatable bonds is 2. The molecule has 1 aromatic heterocycles. The highest BCUT2D eigenvalue weighted by Crippen LogP contribution is 2.16. The van der Waals surface area contributed by atoms with E-state index in [9.17, 15) is 4.39 Å². The van der Waals surface area contributed by atoms with Gasteiger partial charge in [-0.05, 0) is 24.6 Å². The van der Waals surface area contributed by atoms with E-state index in [1.54, 1.807) is 19.1 Å². The molecular weight excluding hydrogens is 195 g/mol. The Kier molecular flexibility index (Phi) is 2.47. The molecule has 0 fully saturated rings. The molecule has 4 nitrogen and oxygen atoms in total. The first-order valence-corrected chi connectivity index (χ1v) is 4.57. The summed E-state index contributed by atoms with van der Waals surface area (Å²) in [5.74, 6) is 0.943. The van der Waals surface area contributed by atoms with Crippen molar-refractivity contribution in [2.75, 3.05) is 0 Å². The van der Waals surface area contributed by atoms with Gasteiger partial charge in [0.15, 0.2) is 5.82 Å². The number of nitrogens with two attached hydrogens (primary N) is 1. The summed E-state index contributed by atoms with van der Waals surface area (Å²) in [5.41, 5.74) is 6.70. The second kappa shape index (κ2) is 3.78. The third-order valence-electron chi connectivity index (χ3n) is 2.12. The number of H-pyrrole nitrogens is 1. The van der Waals surface area contributed by atoms with Crippen molar-refractivity contribution in [3.63, 3.8) is 0 Å². The SMILES string of the molecule is Cc1nc([C@@H](N)c2ccc(F)cc2)n[nH]1. The predicted molar refractivity (Wildman–Crippen MR) is 53.6 cm³/mol. The fraction of sp³-hybridized carbons (Fsp3) is 0.200. The Morgan fingerprint density at radius 2 is 2.00 bits per heavy atom. The highest BCUT2D eigenvalue weighted by Gasteiger charge is 2.13. The van der Waals surface area contributed by atoms with Crippen LogP contribution >= 0.6 is 0 Å². The zero-order valence-corrected chi connectivity index (χ0v) is 8.24. The first-order chi connectivity index (χ1) is 7.16. The largest absolute Gasteiger partial charge is 0.318 e. The minimum Gasteiger partial charge on any atom is -0.318 e. The number of benzene rings is 1. The molecular formula is C10H11FN4. The minimum atomic E-state index is -0.421. The van der Waals surface area contributed by atoms with Crippen LogP contribution in [0.2, 0.25) is 0 Å². The fourth-order valence-electron chi connectivity index (χ4n) is 1.32. The minimum absolute atomic E-state index is 0.280. The van der Waals surface area contributed by atoms with Crippen LogP contribution in [-0.2, 0) is 0 Å². The number of hydrogen-bond acceptors (Lipinski definition) is 3. The lowest BCUT2D eigenvalue weighted by Gasteiger charge is -2.06. The molecule has 0 saturated heterocycles. The van der Waals surface area contributed by atoms with E-state index in [0.29, 0.717) is 11.6 Å². The number of nitrogens with one attached hydrogen (secondary N) is 1. The third kappa shape index (κ3) is 2.02. The molecule has 0 spiro atoms. The molecule has 0 aliphatic rings. The van der Waals surface area contributed by atoms with Crippen LogP contribution < -0.4 is 5.73 Å². The van der Waals surface area contributed by atoms with Crippen molar-refractivity contribution in [2.24, 2.45) is 5.73 Å². The Hall–Kier alpha value is -1.75. The summed E-state index contributed by atoms with van der Waals surface area (Å²) in [6, 6.07) is 5.58. The molecule has 2 aromatic rings. The number of halogens is 1. The summed E-state index contributed by atoms with van der Waals surface area (Å²) < 4.78 is 12.7. The van der Waals surface area contributed by atoms with Crippen molar-refractivity contribution in [1.82, 2.24) is 15.2 Å². The topological polar surface area (TPSA) is 67.6 Å². The highest BCUT2D eigenvalue weighted by molar-refractivity contribution is 5.24. The Bertz CT molecular complexity index is 449. The van der Waals surface area contributed by atoms with Crippen molar-refractivity contribution in [2.45, 2.75) is 13.0 Å². The Balaban J connectivity index is 2.28. The van der Waals surface area contributed by atoms with Crippen LogP contribution in [0.25, 0.3) is 0 Å². The second-order valence-corrected chi connectivity index (χ2v) is 3.31. The Morgan fingerprint density at radius 3 is 2.53 bits per heavy atom. The molecule has 2 rings (SSSR count). The van der Waals surface area contributed by atoms with Crippen LogP contribution in [0.1, 0.15) is 23.3 Å². The Morgan fingerprint density at radius 1 is 1.33 bits per heavy atom. The average molecular weight is 206 g/mol. The average Bonchev–Trinajstić information content (AvgIpc) is 2.65. The molecule has 15 heavy (non-hydrogen) atoms. The quantitative estimate of drug-likeness (QED) is 0.778. The number of nitrogens with zero attached hydrogens (tertiary/aromatic N) is 2. The standard InChI is InChI=1S/C10H11FN4/c1-6-13-10(15-14-6)9(12)7-2-4-8(11)5-3-7/h2-5,9H,12H2,1H3,(H,13,14,15)/t9-/m0/s1. The summed E-state index contributed by atoms with van der Waals surface area (Å²) in [6.07, 6.45) is 0. The smallest absolute Gasteiger partial charge is 0.171 e. The first-order valence-electron chi connectivity index (χ1n) is 4.57. The number of aromatic nitrogens is 3. The molecule has 0 amide bonds. The monoisotopic (exact) mass is 206 g/mol. The van der Waals surface area contributed by atoms with Crippen LogP contribution in [0.15, 0.2) is 24.3 Å². The maximum absolute atomic E-state index is 12.7. The van der Waals surface area contributed by atoms with E-state index in [-0.39, 0.29) is 5.82 Å². The van der Waals surface area contributed by atoms with E-state index in [1.807, 2.05) is 0 Å². The van der Waals surface area contributed by atoms with Crippen LogP contribution in [0.3, 0.4) is 0 Å². The maximum Gasteiger partial charge on any atom is 0.171 e. The van der Waals surface area contributed by atoms with Gasteiger partial charge in [0.1, 0.15) is 11.6 Å². The van der Waals surface area contributed by atoms with Gasteiger partial charge in [-0.3, -0.25) is 5.10 Å². The van der Waals surface area contributed by atoms with E-state index in [1.165, 1.54) is 12.1 Å². The third-order valence-corrected chi connectivity index (χ3v) is 2.12. The summed E-state index contributed by atoms with van der Waals surface area (Å²) >= 11 is 0. The molecule has 0 unspecified atom stereocenters. The van der Waals surface area contributed by atoms with Gasteiger partial charge in [0.05, 0.1) is 6.04 Å². The van der Waals surface area contributed by atoms with Crippen molar-refractivity contribution in [3.8, 4) is 0 Å². The van der Waals surface area contributed by atoms with Crippen molar-refractivity contribution in [3.05, 3.63) is 47.3 Å². The van der Waals surface area contributed by atoms with E-state index >= 15 is 0 Å².